The topological polar surface area (TPSA) is 61.4 Å². The number of nitrogens with zero attached hydrogens (tertiary/aromatic N) is 1. The quantitative estimate of drug-likeness (QED) is 0.806. The number of carbonyl (C=O) groups is 2. The zero-order valence-corrected chi connectivity index (χ0v) is 11.4. The van der Waals surface area contributed by atoms with E-state index in [0.717, 1.165) is 38.6 Å². The van der Waals surface area contributed by atoms with Crippen molar-refractivity contribution >= 4 is 11.9 Å². The number of nitrogens with one attached hydrogen (secondary N) is 2. The molecule has 0 bridgehead atoms. The molecule has 0 aromatic heterocycles. The highest BCUT2D eigenvalue weighted by Gasteiger charge is 2.36. The van der Waals surface area contributed by atoms with E-state index < -0.39 is 0 Å². The second-order valence-electron chi connectivity index (χ2n) is 6.14. The highest BCUT2D eigenvalue weighted by molar-refractivity contribution is 5.81. The van der Waals surface area contributed by atoms with Crippen LogP contribution in [0.5, 0.6) is 0 Å². The summed E-state index contributed by atoms with van der Waals surface area (Å²) in [4.78, 5) is 25.7. The van der Waals surface area contributed by atoms with Gasteiger partial charge in [-0.2, -0.15) is 0 Å². The van der Waals surface area contributed by atoms with Crippen molar-refractivity contribution in [2.24, 2.45) is 5.92 Å². The molecule has 0 unspecified atom stereocenters. The molecule has 1 saturated heterocycles. The maximum atomic E-state index is 11.9. The summed E-state index contributed by atoms with van der Waals surface area (Å²) in [5, 5.41) is 6.04. The van der Waals surface area contributed by atoms with Crippen LogP contribution in [0.1, 0.15) is 44.9 Å². The van der Waals surface area contributed by atoms with E-state index in [4.69, 9.17) is 0 Å². The van der Waals surface area contributed by atoms with Crippen LogP contribution in [0.25, 0.3) is 0 Å². The average molecular weight is 265 g/mol. The minimum Gasteiger partial charge on any atom is -0.340 e. The molecule has 3 fully saturated rings. The lowest BCUT2D eigenvalue weighted by molar-refractivity contribution is -0.131. The molecule has 0 aromatic carbocycles. The minimum absolute atomic E-state index is 0.0578. The lowest BCUT2D eigenvalue weighted by atomic mass is 10.2. The molecule has 3 rings (SSSR count). The van der Waals surface area contributed by atoms with Gasteiger partial charge in [0.15, 0.2) is 0 Å². The number of rotatable bonds is 3. The van der Waals surface area contributed by atoms with Crippen LogP contribution < -0.4 is 10.6 Å². The molecule has 1 aliphatic heterocycles. The van der Waals surface area contributed by atoms with Gasteiger partial charge in [0.2, 0.25) is 5.91 Å². The number of likely N-dealkylation sites (tertiary alicyclic amines) is 1. The summed E-state index contributed by atoms with van der Waals surface area (Å²) in [5.41, 5.74) is 0. The second-order valence-corrected chi connectivity index (χ2v) is 6.14. The lowest BCUT2D eigenvalue weighted by Gasteiger charge is -2.18. The van der Waals surface area contributed by atoms with Gasteiger partial charge in [-0.15, -0.1) is 0 Å². The van der Waals surface area contributed by atoms with Crippen molar-refractivity contribution < 1.29 is 9.59 Å². The van der Waals surface area contributed by atoms with Gasteiger partial charge in [0.05, 0.1) is 0 Å². The molecule has 1 heterocycles. The van der Waals surface area contributed by atoms with Crippen LogP contribution in [0.3, 0.4) is 0 Å². The first-order valence-corrected chi connectivity index (χ1v) is 7.58. The Bertz CT molecular complexity index is 362. The summed E-state index contributed by atoms with van der Waals surface area (Å²) in [6, 6.07) is 0.423. The van der Waals surface area contributed by atoms with Crippen molar-refractivity contribution in [1.82, 2.24) is 15.5 Å². The fraction of sp³-hybridized carbons (Fsp3) is 0.857. The Labute approximate surface area is 114 Å². The van der Waals surface area contributed by atoms with Gasteiger partial charge in [-0.3, -0.25) is 4.79 Å². The van der Waals surface area contributed by atoms with Gasteiger partial charge in [-0.25, -0.2) is 4.79 Å². The molecular formula is C14H23N3O2. The van der Waals surface area contributed by atoms with Crippen LogP contribution in [0.4, 0.5) is 4.79 Å². The highest BCUT2D eigenvalue weighted by atomic mass is 16.2. The fourth-order valence-electron chi connectivity index (χ4n) is 3.15. The molecule has 0 radical (unpaired) electrons. The molecule has 5 nitrogen and oxygen atoms in total. The Morgan fingerprint density at radius 3 is 2.26 bits per heavy atom. The summed E-state index contributed by atoms with van der Waals surface area (Å²) in [5.74, 6) is 0.576. The van der Waals surface area contributed by atoms with E-state index in [-0.39, 0.29) is 18.0 Å². The third kappa shape index (κ3) is 3.19. The molecule has 2 saturated carbocycles. The molecule has 0 spiro atoms. The molecule has 3 aliphatic rings. The van der Waals surface area contributed by atoms with Crippen LogP contribution in [0.2, 0.25) is 0 Å². The standard InChI is InChI=1S/C14H23N3O2/c18-13(10-5-6-10)17-8-7-12(9-17)16-14(19)15-11-3-1-2-4-11/h10-12H,1-9H2,(H2,15,16,19)/t12-/m1/s1. The molecular weight excluding hydrogens is 242 g/mol. The monoisotopic (exact) mass is 265 g/mol. The Balaban J connectivity index is 1.40. The van der Waals surface area contributed by atoms with Crippen LogP contribution >= 0.6 is 0 Å². The number of hydrogen-bond acceptors (Lipinski definition) is 2. The molecule has 3 amide bonds. The van der Waals surface area contributed by atoms with E-state index in [1.807, 2.05) is 4.90 Å². The van der Waals surface area contributed by atoms with Gasteiger partial charge in [0.25, 0.3) is 0 Å². The summed E-state index contributed by atoms with van der Waals surface area (Å²) in [7, 11) is 0. The Kier molecular flexibility index (Phi) is 3.62. The Morgan fingerprint density at radius 2 is 1.58 bits per heavy atom. The largest absolute Gasteiger partial charge is 0.340 e. The van der Waals surface area contributed by atoms with Crippen molar-refractivity contribution in [2.75, 3.05) is 13.1 Å². The number of amides is 3. The van der Waals surface area contributed by atoms with Crippen molar-refractivity contribution in [2.45, 2.75) is 57.0 Å². The molecule has 1 atom stereocenters. The third-order valence-electron chi connectivity index (χ3n) is 4.45. The SMILES string of the molecule is O=C(NC1CCCC1)N[C@@H]1CCN(C(=O)C2CC2)C1. The predicted molar refractivity (Wildman–Crippen MR) is 71.6 cm³/mol. The van der Waals surface area contributed by atoms with Gasteiger partial charge >= 0.3 is 6.03 Å². The van der Waals surface area contributed by atoms with Gasteiger partial charge in [-0.05, 0) is 32.1 Å². The predicted octanol–water partition coefficient (Wildman–Crippen LogP) is 1.24. The van der Waals surface area contributed by atoms with E-state index >= 15 is 0 Å². The van der Waals surface area contributed by atoms with Crippen LogP contribution in [0.15, 0.2) is 0 Å². The number of urea groups is 1. The molecule has 19 heavy (non-hydrogen) atoms. The molecule has 2 N–H and O–H groups in total. The zero-order chi connectivity index (χ0) is 13.2. The molecule has 0 aromatic rings. The number of hydrogen-bond donors (Lipinski definition) is 2. The van der Waals surface area contributed by atoms with Gasteiger partial charge < -0.3 is 15.5 Å². The normalized spacial score (nSPS) is 27.6. The van der Waals surface area contributed by atoms with E-state index in [9.17, 15) is 9.59 Å². The summed E-state index contributed by atoms with van der Waals surface area (Å²) >= 11 is 0. The van der Waals surface area contributed by atoms with Crippen molar-refractivity contribution in [3.63, 3.8) is 0 Å². The summed E-state index contributed by atoms with van der Waals surface area (Å²) in [6.45, 7) is 1.48. The van der Waals surface area contributed by atoms with Gasteiger partial charge in [0.1, 0.15) is 0 Å². The second kappa shape index (κ2) is 5.39. The zero-order valence-electron chi connectivity index (χ0n) is 11.4. The van der Waals surface area contributed by atoms with E-state index in [1.165, 1.54) is 12.8 Å². The smallest absolute Gasteiger partial charge is 0.315 e. The first-order valence-electron chi connectivity index (χ1n) is 7.58. The third-order valence-corrected chi connectivity index (χ3v) is 4.45. The minimum atomic E-state index is -0.0578. The van der Waals surface area contributed by atoms with Gasteiger partial charge in [-0.1, -0.05) is 12.8 Å². The van der Waals surface area contributed by atoms with Crippen LogP contribution in [0, 0.1) is 5.92 Å². The van der Waals surface area contributed by atoms with Crippen molar-refractivity contribution in [1.29, 1.82) is 0 Å². The Morgan fingerprint density at radius 1 is 0.895 bits per heavy atom. The first kappa shape index (κ1) is 12.8. The van der Waals surface area contributed by atoms with Crippen molar-refractivity contribution in [3.05, 3.63) is 0 Å². The fourth-order valence-corrected chi connectivity index (χ4v) is 3.15. The average Bonchev–Trinajstić information content (AvgIpc) is 2.92. The molecule has 2 aliphatic carbocycles. The molecule has 5 heteroatoms. The lowest BCUT2D eigenvalue weighted by Crippen LogP contribution is -2.46. The van der Waals surface area contributed by atoms with E-state index in [0.29, 0.717) is 18.5 Å². The maximum Gasteiger partial charge on any atom is 0.315 e. The van der Waals surface area contributed by atoms with Crippen LogP contribution in [-0.2, 0) is 4.79 Å². The van der Waals surface area contributed by atoms with Gasteiger partial charge in [0, 0.05) is 31.1 Å². The number of carbonyl (C=O) groups excluding carboxylic acids is 2. The highest BCUT2D eigenvalue weighted by Crippen LogP contribution is 2.32. The Hall–Kier alpha value is -1.26. The molecule has 106 valence electrons. The summed E-state index contributed by atoms with van der Waals surface area (Å²) in [6.07, 6.45) is 7.63. The first-order chi connectivity index (χ1) is 9.22. The van der Waals surface area contributed by atoms with Crippen LogP contribution in [-0.4, -0.2) is 42.0 Å². The summed E-state index contributed by atoms with van der Waals surface area (Å²) < 4.78 is 0. The maximum absolute atomic E-state index is 11.9. The van der Waals surface area contributed by atoms with E-state index in [1.54, 1.807) is 0 Å². The van der Waals surface area contributed by atoms with E-state index in [2.05, 4.69) is 10.6 Å². The van der Waals surface area contributed by atoms with Crippen molar-refractivity contribution in [3.8, 4) is 0 Å².